The Labute approximate surface area is 446 Å². The number of carboxylic acid groups (broad SMARTS) is 3. The van der Waals surface area contributed by atoms with Crippen LogP contribution in [0.15, 0.2) is 11.6 Å². The van der Waals surface area contributed by atoms with Crippen molar-refractivity contribution in [2.24, 2.45) is 62.1 Å². The van der Waals surface area contributed by atoms with Crippen LogP contribution in [0.1, 0.15) is 151 Å². The average Bonchev–Trinajstić information content (AvgIpc) is 3.56. The first-order chi connectivity index (χ1) is 35.6. The van der Waals surface area contributed by atoms with E-state index in [2.05, 4.69) is 37.5 Å². The predicted molar refractivity (Wildman–Crippen MR) is 270 cm³/mol. The van der Waals surface area contributed by atoms with Gasteiger partial charge in [-0.3, -0.25) is 19.3 Å². The van der Waals surface area contributed by atoms with E-state index in [1.807, 2.05) is 26.8 Å². The van der Waals surface area contributed by atoms with Gasteiger partial charge in [-0.05, 0) is 173 Å². The highest BCUT2D eigenvalue weighted by molar-refractivity contribution is 5.95. The molecule has 1 amide bonds. The number of ether oxygens (including phenoxy) is 4. The normalized spacial score (nSPS) is 50.6. The van der Waals surface area contributed by atoms with Gasteiger partial charge in [0.1, 0.15) is 36.6 Å². The summed E-state index contributed by atoms with van der Waals surface area (Å²) in [5, 5.41) is 83.0. The number of carbonyl (C=O) groups is 5. The second-order valence-corrected chi connectivity index (χ2v) is 27.4. The van der Waals surface area contributed by atoms with Crippen molar-refractivity contribution < 1.29 is 83.8 Å². The fourth-order valence-corrected chi connectivity index (χ4v) is 18.6. The molecule has 6 saturated heterocycles. The van der Waals surface area contributed by atoms with E-state index in [9.17, 15) is 64.8 Å². The van der Waals surface area contributed by atoms with Gasteiger partial charge in [-0.25, -0.2) is 9.59 Å². The lowest BCUT2D eigenvalue weighted by atomic mass is 9.33. The van der Waals surface area contributed by atoms with E-state index < -0.39 is 107 Å². The van der Waals surface area contributed by atoms with Crippen molar-refractivity contribution in [2.75, 3.05) is 19.6 Å². The number of aliphatic carboxylic acids is 3. The number of carbonyl (C=O) groups excluding carboxylic acids is 2. The molecule has 0 radical (unpaired) electrons. The van der Waals surface area contributed by atoms with Crippen LogP contribution in [-0.2, 0) is 42.9 Å². The number of nitrogens with zero attached hydrogens (tertiary/aromatic N) is 2. The van der Waals surface area contributed by atoms with E-state index >= 15 is 0 Å². The number of hydrogen-bond donors (Lipinski definition) is 8. The van der Waals surface area contributed by atoms with Crippen LogP contribution in [0.5, 0.6) is 0 Å². The van der Waals surface area contributed by atoms with Gasteiger partial charge < -0.3 is 64.7 Å². The summed E-state index contributed by atoms with van der Waals surface area (Å²) in [5.74, 6) is -2.44. The predicted octanol–water partition coefficient (Wildman–Crippen LogP) is 4.12. The van der Waals surface area contributed by atoms with Crippen LogP contribution in [0.4, 0.5) is 0 Å². The Balaban J connectivity index is 0.000000303. The lowest BCUT2D eigenvalue weighted by Gasteiger charge is -2.70. The van der Waals surface area contributed by atoms with E-state index in [-0.39, 0.29) is 34.4 Å². The van der Waals surface area contributed by atoms with Crippen molar-refractivity contribution in [2.45, 2.75) is 231 Å². The molecule has 426 valence electrons. The molecule has 0 bridgehead atoms. The third kappa shape index (κ3) is 8.75. The first kappa shape index (κ1) is 56.2. The summed E-state index contributed by atoms with van der Waals surface area (Å²) < 4.78 is 23.4. The van der Waals surface area contributed by atoms with Gasteiger partial charge in [0, 0.05) is 31.0 Å². The summed E-state index contributed by atoms with van der Waals surface area (Å²) in [6, 6.07) is 1.41. The fraction of sp³-hybridized carbons (Fsp3) is 0.877. The van der Waals surface area contributed by atoms with E-state index in [0.717, 1.165) is 74.9 Å². The lowest BCUT2D eigenvalue weighted by molar-refractivity contribution is -0.371. The summed E-state index contributed by atoms with van der Waals surface area (Å²) in [7, 11) is 0. The zero-order chi connectivity index (χ0) is 55.0. The maximum absolute atomic E-state index is 14.8. The van der Waals surface area contributed by atoms with E-state index in [1.165, 1.54) is 45.2 Å². The number of aliphatic hydroxyl groups excluding tert-OH is 5. The Kier molecular flexibility index (Phi) is 14.7. The molecule has 0 aromatic rings. The van der Waals surface area contributed by atoms with Crippen LogP contribution >= 0.6 is 0 Å². The molecule has 19 heteroatoms. The maximum Gasteiger partial charge on any atom is 0.335 e. The summed E-state index contributed by atoms with van der Waals surface area (Å²) in [6.07, 6.45) is -3.61. The highest BCUT2D eigenvalue weighted by Gasteiger charge is 2.71. The first-order valence-corrected chi connectivity index (χ1v) is 28.6. The zero-order valence-corrected chi connectivity index (χ0v) is 45.6. The number of hydrogen-bond acceptors (Lipinski definition) is 15. The van der Waals surface area contributed by atoms with Gasteiger partial charge in [0.15, 0.2) is 30.6 Å². The minimum Gasteiger partial charge on any atom is -0.481 e. The van der Waals surface area contributed by atoms with Crippen LogP contribution < -0.4 is 0 Å². The lowest BCUT2D eigenvalue weighted by Crippen LogP contribution is -2.68. The molecular weight excluding hydrogens is 985 g/mol. The van der Waals surface area contributed by atoms with Crippen LogP contribution in [0.2, 0.25) is 0 Å². The average molecular weight is 1070 g/mol. The molecule has 0 spiro atoms. The number of rotatable bonds is 7. The van der Waals surface area contributed by atoms with E-state index in [1.54, 1.807) is 0 Å². The van der Waals surface area contributed by atoms with Crippen LogP contribution in [-0.4, -0.2) is 179 Å². The smallest absolute Gasteiger partial charge is 0.335 e. The topological polar surface area (TPSA) is 291 Å². The molecule has 23 atom stereocenters. The number of piperidine rings is 4. The highest BCUT2D eigenvalue weighted by atomic mass is 16.8. The number of amides is 1. The van der Waals surface area contributed by atoms with E-state index in [0.29, 0.717) is 37.6 Å². The molecule has 6 heterocycles. The van der Waals surface area contributed by atoms with Gasteiger partial charge in [-0.15, -0.1) is 0 Å². The standard InChI is InChI=1S/C42H62O16.C15H24N2O/c1-37(2)21-8-11-42(7)31(20(43)16-18-19-17-39(4,36(53)54)13-12-38(19,3)14-15-41(18,42)6)40(21,5)10-9-22(37)55-35-30(26(47)25(46)29(57-35)33(51)52)58-34-27(48)23(44)24(45)28(56-34)32(49)50;18-14-7-1-6-13-12-5-3-9-16-8-2-4-11(15(12)16)10-17(13)14/h16,19,21-31,34-35,44-48H,8-15,17H2,1-7H3,(H,49,50)(H,51,52)(H,53,54);11-13,15H,1-10H2/t19-,21-,22-,23-,24-,25-,26-,27+,28-,29-,30+,31+,34+,35+,38+,39-,40-,41+,42+;11-,12+,13+,15-/m00/s1. The molecule has 0 aromatic heterocycles. The summed E-state index contributed by atoms with van der Waals surface area (Å²) in [5.41, 5.74) is -1.81. The van der Waals surface area contributed by atoms with Crippen molar-refractivity contribution in [3.05, 3.63) is 11.6 Å². The van der Waals surface area contributed by atoms with Gasteiger partial charge in [0.2, 0.25) is 5.91 Å². The Morgan fingerprint density at radius 2 is 1.33 bits per heavy atom. The van der Waals surface area contributed by atoms with Crippen molar-refractivity contribution >= 4 is 29.6 Å². The number of aliphatic hydroxyl groups is 5. The molecule has 5 aliphatic carbocycles. The van der Waals surface area contributed by atoms with Gasteiger partial charge in [-0.1, -0.05) is 47.1 Å². The van der Waals surface area contributed by atoms with Crippen LogP contribution in [0.25, 0.3) is 0 Å². The largest absolute Gasteiger partial charge is 0.481 e. The quantitative estimate of drug-likeness (QED) is 0.166. The highest BCUT2D eigenvalue weighted by Crippen LogP contribution is 2.75. The number of carboxylic acids is 3. The Morgan fingerprint density at radius 1 is 0.684 bits per heavy atom. The second-order valence-electron chi connectivity index (χ2n) is 27.4. The first-order valence-electron chi connectivity index (χ1n) is 28.6. The SMILES string of the molecule is CC1(C)[C@@H](O[C@@H]2O[C@H](C(=O)O)[C@@H](O)[C@H](O)[C@H]2O[C@H]2O[C@H](C(=O)O)[C@@H](O)[C@H](O)[C@H]2O)CC[C@]2(C)[C@H]3C(=O)C=C4[C@@H]5C[C@@](C)(C(=O)O)CC[C@]5(C)CC[C@@]4(C)[C@]3(C)CC[C@@H]12.O=C1CCC[C@@H]2[C@H]3CCCN4CCC[C@@H](CN12)[C@@H]34. The van der Waals surface area contributed by atoms with Crippen molar-refractivity contribution in [1.29, 1.82) is 0 Å². The van der Waals surface area contributed by atoms with Crippen LogP contribution in [0, 0.1) is 62.1 Å². The minimum absolute atomic E-state index is 0.0217. The van der Waals surface area contributed by atoms with Gasteiger partial charge in [-0.2, -0.15) is 0 Å². The third-order valence-electron chi connectivity index (χ3n) is 23.1. The van der Waals surface area contributed by atoms with Crippen molar-refractivity contribution in [1.82, 2.24) is 9.80 Å². The van der Waals surface area contributed by atoms with Gasteiger partial charge >= 0.3 is 17.9 Å². The second kappa shape index (κ2) is 19.9. The molecule has 0 aromatic carbocycles. The Hall–Kier alpha value is -3.11. The monoisotopic (exact) mass is 1070 g/mol. The van der Waals surface area contributed by atoms with Crippen LogP contribution in [0.3, 0.4) is 0 Å². The molecule has 11 rings (SSSR count). The molecule has 6 aliphatic heterocycles. The number of ketones is 1. The third-order valence-corrected chi connectivity index (χ3v) is 23.1. The molecule has 76 heavy (non-hydrogen) atoms. The zero-order valence-electron chi connectivity index (χ0n) is 45.6. The summed E-state index contributed by atoms with van der Waals surface area (Å²) >= 11 is 0. The van der Waals surface area contributed by atoms with Crippen molar-refractivity contribution in [3.8, 4) is 0 Å². The summed E-state index contributed by atoms with van der Waals surface area (Å²) in [6.45, 7) is 18.6. The summed E-state index contributed by atoms with van der Waals surface area (Å²) in [4.78, 5) is 68.5. The molecule has 19 nitrogen and oxygen atoms in total. The molecule has 4 saturated carbocycles. The Bertz CT molecular complexity index is 2330. The van der Waals surface area contributed by atoms with Crippen molar-refractivity contribution in [3.63, 3.8) is 0 Å². The minimum atomic E-state index is -2.05. The number of allylic oxidation sites excluding steroid dienone is 2. The maximum atomic E-state index is 14.8. The molecule has 10 fully saturated rings. The molecular formula is C57H86N2O17. The number of fused-ring (bicyclic) bond motifs is 9. The molecule has 0 unspecified atom stereocenters. The Morgan fingerprint density at radius 3 is 2.00 bits per heavy atom. The fourth-order valence-electron chi connectivity index (χ4n) is 18.6. The van der Waals surface area contributed by atoms with Gasteiger partial charge in [0.05, 0.1) is 11.5 Å². The molecule has 11 aliphatic rings. The van der Waals surface area contributed by atoms with E-state index in [4.69, 9.17) is 18.9 Å². The van der Waals surface area contributed by atoms with Gasteiger partial charge in [0.25, 0.3) is 0 Å². The molecule has 8 N–H and O–H groups in total.